The van der Waals surface area contributed by atoms with E-state index in [1.54, 1.807) is 36.4 Å². The van der Waals surface area contributed by atoms with Gasteiger partial charge in [-0.15, -0.1) is 0 Å². The SMILES string of the molecule is CCN(CCO)Cc1ccc(C(=O)Nc2ccc(Cl)cc2C(=O)N/N=C/c2ccc(O)cc2)cc1. The van der Waals surface area contributed by atoms with Crippen LogP contribution >= 0.6 is 11.6 Å². The molecule has 3 aromatic carbocycles. The molecule has 0 heterocycles. The van der Waals surface area contributed by atoms with Gasteiger partial charge in [-0.25, -0.2) is 5.43 Å². The fraction of sp³-hybridized carbons (Fsp3) is 0.192. The molecule has 35 heavy (non-hydrogen) atoms. The lowest BCUT2D eigenvalue weighted by molar-refractivity contribution is 0.0956. The number of benzene rings is 3. The minimum absolute atomic E-state index is 0.0907. The first-order chi connectivity index (χ1) is 16.9. The molecule has 0 bridgehead atoms. The molecule has 9 heteroatoms. The number of rotatable bonds is 10. The number of hydrogen-bond acceptors (Lipinski definition) is 6. The normalized spacial score (nSPS) is 11.1. The summed E-state index contributed by atoms with van der Waals surface area (Å²) < 4.78 is 0. The quantitative estimate of drug-likeness (QED) is 0.252. The number of aliphatic hydroxyl groups is 1. The van der Waals surface area contributed by atoms with Crippen molar-refractivity contribution in [3.63, 3.8) is 0 Å². The number of phenols is 1. The second-order valence-corrected chi connectivity index (χ2v) is 8.16. The Balaban J connectivity index is 1.68. The lowest BCUT2D eigenvalue weighted by atomic mass is 10.1. The number of aromatic hydroxyl groups is 1. The van der Waals surface area contributed by atoms with Crippen molar-refractivity contribution in [3.05, 3.63) is 94.0 Å². The molecule has 4 N–H and O–H groups in total. The van der Waals surface area contributed by atoms with Crippen LogP contribution in [0.3, 0.4) is 0 Å². The van der Waals surface area contributed by atoms with Crippen LogP contribution in [-0.2, 0) is 6.54 Å². The zero-order chi connectivity index (χ0) is 25.2. The van der Waals surface area contributed by atoms with Crippen molar-refractivity contribution in [2.45, 2.75) is 13.5 Å². The summed E-state index contributed by atoms with van der Waals surface area (Å²) in [6.45, 7) is 4.18. The van der Waals surface area contributed by atoms with Gasteiger partial charge in [0.1, 0.15) is 5.75 Å². The summed E-state index contributed by atoms with van der Waals surface area (Å²) in [4.78, 5) is 27.6. The van der Waals surface area contributed by atoms with E-state index in [9.17, 15) is 14.7 Å². The zero-order valence-corrected chi connectivity index (χ0v) is 20.0. The minimum atomic E-state index is -0.545. The van der Waals surface area contributed by atoms with Gasteiger partial charge >= 0.3 is 0 Å². The van der Waals surface area contributed by atoms with Crippen LogP contribution < -0.4 is 10.7 Å². The summed E-state index contributed by atoms with van der Waals surface area (Å²) in [5.41, 5.74) is 5.02. The first-order valence-electron chi connectivity index (χ1n) is 11.0. The van der Waals surface area contributed by atoms with Crippen molar-refractivity contribution < 1.29 is 19.8 Å². The largest absolute Gasteiger partial charge is 0.508 e. The van der Waals surface area contributed by atoms with E-state index in [0.29, 0.717) is 34.9 Å². The fourth-order valence-corrected chi connectivity index (χ4v) is 3.48. The molecule has 182 valence electrons. The molecule has 2 amide bonds. The van der Waals surface area contributed by atoms with Crippen molar-refractivity contribution in [1.82, 2.24) is 10.3 Å². The molecule has 8 nitrogen and oxygen atoms in total. The standard InChI is InChI=1S/C26H27ClN4O4/c1-2-31(13-14-32)17-19-3-7-20(8-4-19)25(34)29-24-12-9-21(27)15-23(24)26(35)30-28-16-18-5-10-22(33)11-6-18/h3-12,15-16,32-33H,2,13-14,17H2,1H3,(H,29,34)(H,30,35)/b28-16+. The number of phenolic OH excluding ortho intramolecular Hbond substituents is 1. The van der Waals surface area contributed by atoms with Gasteiger partial charge in [-0.05, 0) is 72.3 Å². The van der Waals surface area contributed by atoms with Crippen LogP contribution in [0.2, 0.25) is 5.02 Å². The number of amides is 2. The Labute approximate surface area is 208 Å². The van der Waals surface area contributed by atoms with E-state index in [2.05, 4.69) is 20.7 Å². The van der Waals surface area contributed by atoms with Crippen LogP contribution in [0.1, 0.15) is 38.8 Å². The third-order valence-corrected chi connectivity index (χ3v) is 5.47. The van der Waals surface area contributed by atoms with Gasteiger partial charge in [0.05, 0.1) is 24.1 Å². The number of hydrogen-bond donors (Lipinski definition) is 4. The molecule has 0 aliphatic rings. The van der Waals surface area contributed by atoms with E-state index in [1.165, 1.54) is 24.4 Å². The van der Waals surface area contributed by atoms with E-state index >= 15 is 0 Å². The van der Waals surface area contributed by atoms with Crippen LogP contribution in [0.4, 0.5) is 5.69 Å². The molecular weight excluding hydrogens is 468 g/mol. The van der Waals surface area contributed by atoms with E-state index < -0.39 is 5.91 Å². The third-order valence-electron chi connectivity index (χ3n) is 5.23. The van der Waals surface area contributed by atoms with E-state index in [1.807, 2.05) is 19.1 Å². The van der Waals surface area contributed by atoms with Gasteiger partial charge in [0.25, 0.3) is 11.8 Å². The molecule has 0 atom stereocenters. The van der Waals surface area contributed by atoms with Crippen LogP contribution in [0, 0.1) is 0 Å². The van der Waals surface area contributed by atoms with Gasteiger partial charge in [0, 0.05) is 23.7 Å². The van der Waals surface area contributed by atoms with Gasteiger partial charge in [-0.3, -0.25) is 14.5 Å². The van der Waals surface area contributed by atoms with E-state index in [0.717, 1.165) is 12.1 Å². The van der Waals surface area contributed by atoms with Crippen molar-refractivity contribution in [2.75, 3.05) is 25.0 Å². The Kier molecular flexibility index (Phi) is 9.37. The molecule has 0 aliphatic heterocycles. The van der Waals surface area contributed by atoms with Crippen molar-refractivity contribution in [2.24, 2.45) is 5.10 Å². The monoisotopic (exact) mass is 494 g/mol. The summed E-state index contributed by atoms with van der Waals surface area (Å²) in [6, 6.07) is 18.1. The third kappa shape index (κ3) is 7.65. The molecule has 0 aromatic heterocycles. The maximum atomic E-state index is 12.8. The van der Waals surface area contributed by atoms with Crippen LogP contribution in [0.25, 0.3) is 0 Å². The summed E-state index contributed by atoms with van der Waals surface area (Å²) in [5.74, 6) is -0.787. The number of halogens is 1. The fourth-order valence-electron chi connectivity index (χ4n) is 3.30. The lowest BCUT2D eigenvalue weighted by Gasteiger charge is -2.19. The zero-order valence-electron chi connectivity index (χ0n) is 19.2. The van der Waals surface area contributed by atoms with Crippen LogP contribution in [0.5, 0.6) is 5.75 Å². The van der Waals surface area contributed by atoms with Crippen LogP contribution in [-0.4, -0.2) is 52.8 Å². The Morgan fingerprint density at radius 1 is 1.03 bits per heavy atom. The molecule has 3 aromatic rings. The number of likely N-dealkylation sites (N-methyl/N-ethyl adjacent to an activating group) is 1. The molecule has 0 saturated heterocycles. The van der Waals surface area contributed by atoms with Gasteiger partial charge in [0.15, 0.2) is 0 Å². The van der Waals surface area contributed by atoms with Gasteiger partial charge in [0.2, 0.25) is 0 Å². The first kappa shape index (κ1) is 25.9. The second-order valence-electron chi connectivity index (χ2n) is 7.72. The molecule has 0 unspecified atom stereocenters. The van der Waals surface area contributed by atoms with E-state index in [-0.39, 0.29) is 23.8 Å². The Morgan fingerprint density at radius 3 is 2.40 bits per heavy atom. The highest BCUT2D eigenvalue weighted by Crippen LogP contribution is 2.22. The Bertz CT molecular complexity index is 1180. The molecule has 3 rings (SSSR count). The number of nitrogens with one attached hydrogen (secondary N) is 2. The number of hydrazone groups is 1. The number of carbonyl (C=O) groups is 2. The highest BCUT2D eigenvalue weighted by atomic mass is 35.5. The number of anilines is 1. The number of nitrogens with zero attached hydrogens (tertiary/aromatic N) is 2. The molecule has 0 spiro atoms. The topological polar surface area (TPSA) is 114 Å². The van der Waals surface area contributed by atoms with Gasteiger partial charge < -0.3 is 15.5 Å². The van der Waals surface area contributed by atoms with E-state index in [4.69, 9.17) is 16.7 Å². The maximum absolute atomic E-state index is 12.8. The molecular formula is C26H27ClN4O4. The minimum Gasteiger partial charge on any atom is -0.508 e. The lowest BCUT2D eigenvalue weighted by Crippen LogP contribution is -2.26. The van der Waals surface area contributed by atoms with Gasteiger partial charge in [-0.2, -0.15) is 5.10 Å². The molecule has 0 fully saturated rings. The highest BCUT2D eigenvalue weighted by molar-refractivity contribution is 6.31. The smallest absolute Gasteiger partial charge is 0.273 e. The van der Waals surface area contributed by atoms with Crippen molar-refractivity contribution in [3.8, 4) is 5.75 Å². The highest BCUT2D eigenvalue weighted by Gasteiger charge is 2.15. The molecule has 0 aliphatic carbocycles. The number of aliphatic hydroxyl groups excluding tert-OH is 1. The van der Waals surface area contributed by atoms with Gasteiger partial charge in [-0.1, -0.05) is 30.7 Å². The predicted octanol–water partition coefficient (Wildman–Crippen LogP) is 3.88. The summed E-state index contributed by atoms with van der Waals surface area (Å²) in [7, 11) is 0. The number of carbonyl (C=O) groups excluding carboxylic acids is 2. The maximum Gasteiger partial charge on any atom is 0.273 e. The Hall–Kier alpha value is -3.72. The predicted molar refractivity (Wildman–Crippen MR) is 137 cm³/mol. The average molecular weight is 495 g/mol. The van der Waals surface area contributed by atoms with Crippen molar-refractivity contribution in [1.29, 1.82) is 0 Å². The van der Waals surface area contributed by atoms with Crippen LogP contribution in [0.15, 0.2) is 71.8 Å². The average Bonchev–Trinajstić information content (AvgIpc) is 2.86. The second kappa shape index (κ2) is 12.7. The summed E-state index contributed by atoms with van der Waals surface area (Å²) in [6.07, 6.45) is 1.43. The van der Waals surface area contributed by atoms with Crippen molar-refractivity contribution >= 4 is 35.3 Å². The molecule has 0 radical (unpaired) electrons. The summed E-state index contributed by atoms with van der Waals surface area (Å²) >= 11 is 6.08. The Morgan fingerprint density at radius 2 is 1.74 bits per heavy atom. The summed E-state index contributed by atoms with van der Waals surface area (Å²) in [5, 5.41) is 25.5. The first-order valence-corrected chi connectivity index (χ1v) is 11.4. The molecule has 0 saturated carbocycles.